The molecule has 0 saturated heterocycles. The molecule has 0 amide bonds. The number of nitrogens with one attached hydrogen (secondary N) is 1. The lowest BCUT2D eigenvalue weighted by Crippen LogP contribution is -2.23. The Hall–Kier alpha value is -3.33. The number of hydrogen-bond acceptors (Lipinski definition) is 6. The number of ether oxygens (including phenoxy) is 1. The summed E-state index contributed by atoms with van der Waals surface area (Å²) >= 11 is 6.16. The van der Waals surface area contributed by atoms with Crippen LogP contribution in [0.15, 0.2) is 41.3 Å². The third kappa shape index (κ3) is 4.27. The second kappa shape index (κ2) is 8.43. The van der Waals surface area contributed by atoms with Crippen LogP contribution in [0, 0.1) is 11.6 Å². The van der Waals surface area contributed by atoms with Crippen molar-refractivity contribution >= 4 is 23.3 Å². The van der Waals surface area contributed by atoms with Gasteiger partial charge in [-0.25, -0.2) is 13.6 Å². The predicted octanol–water partition coefficient (Wildman–Crippen LogP) is 3.84. The van der Waals surface area contributed by atoms with Crippen molar-refractivity contribution in [1.29, 1.82) is 0 Å². The molecule has 0 unspecified atom stereocenters. The normalized spacial score (nSPS) is 13.2. The summed E-state index contributed by atoms with van der Waals surface area (Å²) in [5, 5.41) is 6.71. The second-order valence-corrected chi connectivity index (χ2v) is 7.42. The van der Waals surface area contributed by atoms with Crippen LogP contribution in [0.25, 0.3) is 5.69 Å². The maximum Gasteiger partial charge on any atom is 0.339 e. The fourth-order valence-corrected chi connectivity index (χ4v) is 3.33. The van der Waals surface area contributed by atoms with Crippen molar-refractivity contribution in [3.63, 3.8) is 0 Å². The molecule has 1 aliphatic rings. The molecule has 3 aromatic rings. The minimum Gasteiger partial charge on any atom is -0.465 e. The summed E-state index contributed by atoms with van der Waals surface area (Å²) in [4.78, 5) is 29.0. The van der Waals surface area contributed by atoms with Gasteiger partial charge in [0.2, 0.25) is 0 Å². The van der Waals surface area contributed by atoms with Crippen molar-refractivity contribution in [2.24, 2.45) is 0 Å². The number of carbonyl (C=O) groups is 1. The highest BCUT2D eigenvalue weighted by molar-refractivity contribution is 6.32. The van der Waals surface area contributed by atoms with Crippen LogP contribution >= 0.6 is 11.6 Å². The molecule has 4 rings (SSSR count). The number of anilines is 1. The standard InChI is InChI=1S/C21H17ClF2N4O3/c1-31-21(30)14-6-5-13(27-19(14)11-2-3-11)9-25-16-10-26-28(20(29)18(16)22)17-7-4-12(23)8-15(17)24/h4-8,10-11,25H,2-3,9H2,1H3. The summed E-state index contributed by atoms with van der Waals surface area (Å²) in [6.45, 7) is 0.219. The molecule has 0 spiro atoms. The smallest absolute Gasteiger partial charge is 0.339 e. The van der Waals surface area contributed by atoms with Gasteiger partial charge in [0.1, 0.15) is 16.5 Å². The second-order valence-electron chi connectivity index (χ2n) is 7.04. The zero-order chi connectivity index (χ0) is 22.1. The van der Waals surface area contributed by atoms with Crippen molar-refractivity contribution in [2.45, 2.75) is 25.3 Å². The quantitative estimate of drug-likeness (QED) is 0.579. The highest BCUT2D eigenvalue weighted by Gasteiger charge is 2.30. The van der Waals surface area contributed by atoms with Crippen LogP contribution in [0.4, 0.5) is 14.5 Å². The van der Waals surface area contributed by atoms with Gasteiger partial charge in [0.15, 0.2) is 5.82 Å². The van der Waals surface area contributed by atoms with Gasteiger partial charge in [0.05, 0.1) is 42.5 Å². The summed E-state index contributed by atoms with van der Waals surface area (Å²) in [5.74, 6) is -1.91. The minimum atomic E-state index is -0.936. The van der Waals surface area contributed by atoms with Crippen LogP contribution < -0.4 is 10.9 Å². The van der Waals surface area contributed by atoms with Crippen LogP contribution in [0.5, 0.6) is 0 Å². The maximum atomic E-state index is 14.0. The van der Waals surface area contributed by atoms with Crippen LogP contribution in [-0.2, 0) is 11.3 Å². The van der Waals surface area contributed by atoms with Gasteiger partial charge in [-0.2, -0.15) is 9.78 Å². The highest BCUT2D eigenvalue weighted by atomic mass is 35.5. The third-order valence-electron chi connectivity index (χ3n) is 4.87. The molecule has 1 saturated carbocycles. The highest BCUT2D eigenvalue weighted by Crippen LogP contribution is 2.40. The summed E-state index contributed by atoms with van der Waals surface area (Å²) in [6.07, 6.45) is 3.20. The van der Waals surface area contributed by atoms with Crippen LogP contribution in [0.3, 0.4) is 0 Å². The number of rotatable bonds is 6. The van der Waals surface area contributed by atoms with Gasteiger partial charge >= 0.3 is 5.97 Å². The summed E-state index contributed by atoms with van der Waals surface area (Å²) in [7, 11) is 1.32. The first-order valence-corrected chi connectivity index (χ1v) is 9.82. The molecule has 0 atom stereocenters. The first-order chi connectivity index (χ1) is 14.9. The van der Waals surface area contributed by atoms with Crippen LogP contribution in [-0.4, -0.2) is 27.8 Å². The van der Waals surface area contributed by atoms with Crippen molar-refractivity contribution in [3.05, 3.63) is 80.5 Å². The van der Waals surface area contributed by atoms with E-state index in [2.05, 4.69) is 15.4 Å². The lowest BCUT2D eigenvalue weighted by atomic mass is 10.1. The molecule has 7 nitrogen and oxygen atoms in total. The number of methoxy groups -OCH3 is 1. The number of pyridine rings is 1. The zero-order valence-electron chi connectivity index (χ0n) is 16.4. The number of carbonyl (C=O) groups excluding carboxylic acids is 1. The lowest BCUT2D eigenvalue weighted by molar-refractivity contribution is 0.0598. The Balaban J connectivity index is 1.57. The van der Waals surface area contributed by atoms with E-state index in [-0.39, 0.29) is 28.9 Å². The summed E-state index contributed by atoms with van der Waals surface area (Å²) in [5.41, 5.74) is 1.03. The Labute approximate surface area is 180 Å². The number of benzene rings is 1. The SMILES string of the molecule is COC(=O)c1ccc(CNc2cnn(-c3ccc(F)cc3F)c(=O)c2Cl)nc1C1CC1. The van der Waals surface area contributed by atoms with Crippen molar-refractivity contribution < 1.29 is 18.3 Å². The zero-order valence-corrected chi connectivity index (χ0v) is 17.1. The molecule has 0 bridgehead atoms. The largest absolute Gasteiger partial charge is 0.465 e. The average molecular weight is 447 g/mol. The monoisotopic (exact) mass is 446 g/mol. The number of esters is 1. The van der Waals surface area contributed by atoms with E-state index in [1.165, 1.54) is 13.3 Å². The van der Waals surface area contributed by atoms with Crippen molar-refractivity contribution in [1.82, 2.24) is 14.8 Å². The van der Waals surface area contributed by atoms with Gasteiger partial charge in [0, 0.05) is 12.0 Å². The number of aromatic nitrogens is 3. The fraction of sp³-hybridized carbons (Fsp3) is 0.238. The number of halogens is 3. The Kier molecular flexibility index (Phi) is 5.69. The molecule has 2 heterocycles. The van der Waals surface area contributed by atoms with E-state index in [9.17, 15) is 18.4 Å². The Morgan fingerprint density at radius 1 is 1.29 bits per heavy atom. The van der Waals surface area contributed by atoms with Gasteiger partial charge in [-0.15, -0.1) is 0 Å². The average Bonchev–Trinajstić information content (AvgIpc) is 3.60. The maximum absolute atomic E-state index is 14.0. The number of hydrogen-bond donors (Lipinski definition) is 1. The fourth-order valence-electron chi connectivity index (χ4n) is 3.13. The Morgan fingerprint density at radius 3 is 2.74 bits per heavy atom. The van der Waals surface area contributed by atoms with E-state index in [4.69, 9.17) is 16.3 Å². The molecule has 2 aromatic heterocycles. The molecule has 1 N–H and O–H groups in total. The van der Waals surface area contributed by atoms with Crippen molar-refractivity contribution in [2.75, 3.05) is 12.4 Å². The topological polar surface area (TPSA) is 86.1 Å². The molecule has 1 aromatic carbocycles. The molecule has 1 fully saturated rings. The third-order valence-corrected chi connectivity index (χ3v) is 5.23. The molecular formula is C21H17ClF2N4O3. The molecule has 1 aliphatic carbocycles. The molecule has 31 heavy (non-hydrogen) atoms. The first kappa shape index (κ1) is 20.9. The molecule has 160 valence electrons. The van der Waals surface area contributed by atoms with Crippen molar-refractivity contribution in [3.8, 4) is 5.69 Å². The van der Waals surface area contributed by atoms with E-state index in [1.807, 2.05) is 0 Å². The Morgan fingerprint density at radius 2 is 2.06 bits per heavy atom. The molecule has 10 heteroatoms. The molecule has 0 radical (unpaired) electrons. The summed E-state index contributed by atoms with van der Waals surface area (Å²) in [6, 6.07) is 6.13. The first-order valence-electron chi connectivity index (χ1n) is 9.44. The minimum absolute atomic E-state index is 0.202. The van der Waals surface area contributed by atoms with Gasteiger partial charge < -0.3 is 10.1 Å². The predicted molar refractivity (Wildman–Crippen MR) is 110 cm³/mol. The van der Waals surface area contributed by atoms with Gasteiger partial charge in [0.25, 0.3) is 5.56 Å². The van der Waals surface area contributed by atoms with E-state index in [0.717, 1.165) is 29.7 Å². The van der Waals surface area contributed by atoms with Gasteiger partial charge in [-0.05, 0) is 37.1 Å². The lowest BCUT2D eigenvalue weighted by Gasteiger charge is -2.12. The van der Waals surface area contributed by atoms with Crippen LogP contribution in [0.1, 0.15) is 40.5 Å². The molecular weight excluding hydrogens is 430 g/mol. The van der Waals surface area contributed by atoms with E-state index in [0.29, 0.717) is 23.0 Å². The van der Waals surface area contributed by atoms with E-state index >= 15 is 0 Å². The summed E-state index contributed by atoms with van der Waals surface area (Å²) < 4.78 is 32.7. The van der Waals surface area contributed by atoms with E-state index < -0.39 is 23.2 Å². The van der Waals surface area contributed by atoms with Crippen LogP contribution in [0.2, 0.25) is 5.02 Å². The Bertz CT molecular complexity index is 1230. The van der Waals surface area contributed by atoms with E-state index in [1.54, 1.807) is 12.1 Å². The molecule has 0 aliphatic heterocycles. The number of nitrogens with zero attached hydrogens (tertiary/aromatic N) is 3. The van der Waals surface area contributed by atoms with Gasteiger partial charge in [-0.1, -0.05) is 11.6 Å². The van der Waals surface area contributed by atoms with Gasteiger partial charge in [-0.3, -0.25) is 9.78 Å².